The Kier molecular flexibility index (Phi) is 28.9. The van der Waals surface area contributed by atoms with Gasteiger partial charge in [0.25, 0.3) is 5.54 Å². The van der Waals surface area contributed by atoms with Crippen LogP contribution in [0.3, 0.4) is 0 Å². The van der Waals surface area contributed by atoms with Crippen LogP contribution in [0.4, 0.5) is 8.78 Å². The maximum absolute atomic E-state index is 13.2. The van der Waals surface area contributed by atoms with Crippen LogP contribution in [0.2, 0.25) is 0 Å². The monoisotopic (exact) mass is 1770 g/mol. The molecule has 14 aromatic carbocycles. The smallest absolute Gasteiger partial charge is 0.252 e. The summed E-state index contributed by atoms with van der Waals surface area (Å²) in [6, 6.07) is 97.5. The van der Waals surface area contributed by atoms with Crippen molar-refractivity contribution in [1.82, 2.24) is 88.6 Å². The van der Waals surface area contributed by atoms with E-state index in [2.05, 4.69) is 150 Å². The lowest BCUT2D eigenvalue weighted by atomic mass is 9.83. The Hall–Kier alpha value is -18.0. The SMILES string of the molecule is CC(C)(C#N)c1cc(Cn2cncn2)cc(-c2ccc(O)cc2)c1.Fc1ccc(-c2cccc(Cn3cncn3)c2)cc1.Fc1cccc(-c2cccc(Cn3cncn3)c2)c1.N#Cc1ccc(-c2ccc(O)cc2)cc1Cn1cncn1.Oc1ccc2cc(-c3cccc(Cn4cncn4)c3)ccc2c1.[C-]#[N+]C(C)(C)c1cc(Cn2cncn2)cc(-c2ccc3cc(O)ccc3c2)c1. The lowest BCUT2D eigenvalue weighted by Crippen LogP contribution is -2.15. The largest absolute Gasteiger partial charge is 0.508 e. The molecule has 4 N–H and O–H groups in total. The van der Waals surface area contributed by atoms with Gasteiger partial charge in [-0.1, -0.05) is 152 Å². The van der Waals surface area contributed by atoms with Crippen molar-refractivity contribution in [2.75, 3.05) is 0 Å². The molecule has 0 spiro atoms. The maximum Gasteiger partial charge on any atom is 0.252 e. The Morgan fingerprint density at radius 1 is 0.299 bits per heavy atom. The predicted octanol–water partition coefficient (Wildman–Crippen LogP) is 21.2. The Morgan fingerprint density at radius 3 is 1.02 bits per heavy atom. The number of benzene rings is 14. The molecule has 0 atom stereocenters. The highest BCUT2D eigenvalue weighted by Gasteiger charge is 2.28. The van der Waals surface area contributed by atoms with Gasteiger partial charge in [-0.2, -0.15) is 41.1 Å². The topological polar surface area (TPSA) is 317 Å². The molecule has 0 saturated carbocycles. The lowest BCUT2D eigenvalue weighted by Gasteiger charge is -2.19. The van der Waals surface area contributed by atoms with E-state index in [1.807, 2.05) is 160 Å². The number of halogens is 2. The fraction of sp³-hybridized carbons (Fsp3) is 0.112. The van der Waals surface area contributed by atoms with E-state index < -0.39 is 11.0 Å². The van der Waals surface area contributed by atoms with E-state index in [0.717, 1.165) is 127 Å². The summed E-state index contributed by atoms with van der Waals surface area (Å²) in [5.41, 5.74) is 20.1. The fourth-order valence-electron chi connectivity index (χ4n) is 14.7. The molecule has 0 saturated heterocycles. The molecule has 25 nitrogen and oxygen atoms in total. The number of nitrogens with zero attached hydrogens (tertiary/aromatic N) is 21. The van der Waals surface area contributed by atoms with Crippen molar-refractivity contribution < 1.29 is 29.2 Å². The molecule has 0 aliphatic carbocycles. The summed E-state index contributed by atoms with van der Waals surface area (Å²) in [5, 5.41) is 85.7. The number of phenols is 4. The summed E-state index contributed by atoms with van der Waals surface area (Å²) >= 11 is 0. The van der Waals surface area contributed by atoms with Gasteiger partial charge in [0.2, 0.25) is 0 Å². The maximum atomic E-state index is 13.2. The van der Waals surface area contributed by atoms with Gasteiger partial charge in [-0.15, -0.1) is 0 Å². The van der Waals surface area contributed by atoms with Crippen molar-refractivity contribution >= 4 is 21.5 Å². The molecule has 0 bridgehead atoms. The fourth-order valence-corrected chi connectivity index (χ4v) is 14.7. The lowest BCUT2D eigenvalue weighted by molar-refractivity contribution is 0.475. The van der Waals surface area contributed by atoms with Crippen molar-refractivity contribution in [3.05, 3.63) is 446 Å². The average Bonchev–Trinajstić information content (AvgIpc) is 0.844. The third kappa shape index (κ3) is 24.6. The number of aromatic hydroxyl groups is 4. The van der Waals surface area contributed by atoms with Crippen molar-refractivity contribution in [2.24, 2.45) is 0 Å². The third-order valence-electron chi connectivity index (χ3n) is 21.9. The molecule has 20 aromatic rings. The average molecular weight is 1770 g/mol. The second-order valence-electron chi connectivity index (χ2n) is 32.5. The van der Waals surface area contributed by atoms with Crippen LogP contribution in [0.25, 0.3) is 93.2 Å². The molecule has 660 valence electrons. The molecule has 0 aliphatic heterocycles. The summed E-state index contributed by atoms with van der Waals surface area (Å²) in [5.74, 6) is 0.572. The Morgan fingerprint density at radius 2 is 0.612 bits per heavy atom. The van der Waals surface area contributed by atoms with Crippen LogP contribution in [0.1, 0.15) is 77.8 Å². The summed E-state index contributed by atoms with van der Waals surface area (Å²) in [6.07, 6.45) is 19.1. The van der Waals surface area contributed by atoms with E-state index in [0.29, 0.717) is 50.6 Å². The van der Waals surface area contributed by atoms with Gasteiger partial charge in [-0.05, 0) is 287 Å². The number of phenolic OH excluding ortho intramolecular Hbond substituents is 4. The molecular weight excluding hydrogens is 1680 g/mol. The minimum Gasteiger partial charge on any atom is -0.508 e. The molecule has 0 unspecified atom stereocenters. The third-order valence-corrected chi connectivity index (χ3v) is 21.9. The van der Waals surface area contributed by atoms with E-state index in [9.17, 15) is 39.7 Å². The van der Waals surface area contributed by atoms with E-state index in [1.165, 1.54) is 61.5 Å². The standard InChI is InChI=1S/C23H20N4O.C19H18N4O.C19H15N3O.C16H12N4O.2C15H12FN3/c1-23(2,24-3)21-9-16(13-27-15-25-14-26-27)8-20(11-21)18-4-5-19-12-22(28)7-6-17(19)10-18;1-19(2,11-20)17-8-14(10-23-13-21-12-22-23)7-16(9-17)15-3-5-18(24)6-4-15;23-19-7-6-17-9-16(4-5-18(17)10-19)15-3-1-2-14(8-15)11-22-13-20-12-21-22;17-8-14-2-1-13(12-3-5-16(21)6-4-12)7-15(14)9-20-11-18-10-19-20;16-15-6-2-5-14(8-15)13-4-1-3-12(7-13)9-19-11-17-10-18-19;16-15-6-4-13(5-7-15)14-3-1-2-12(8-14)9-19-11-17-10-18-19/h4-12,14-15,28H,13H2,1-2H3;3-9,12-13,24H,10H2,1-2H3;1-10,12-13,23H,11H2;1-7,10-11,21H,9H2;2*1-8,10-11H,9H2. The number of hydrogen-bond acceptors (Lipinski definition) is 18. The van der Waals surface area contributed by atoms with Crippen LogP contribution in [0.15, 0.2) is 373 Å². The molecule has 6 heterocycles. The zero-order valence-corrected chi connectivity index (χ0v) is 73.4. The first-order valence-corrected chi connectivity index (χ1v) is 42.5. The van der Waals surface area contributed by atoms with Gasteiger partial charge in [-0.3, -0.25) is 0 Å². The number of hydrogen-bond donors (Lipinski definition) is 4. The van der Waals surface area contributed by atoms with Crippen LogP contribution in [0, 0.1) is 40.9 Å². The van der Waals surface area contributed by atoms with Crippen molar-refractivity contribution in [2.45, 2.75) is 77.9 Å². The predicted molar refractivity (Wildman–Crippen MR) is 511 cm³/mol. The summed E-state index contributed by atoms with van der Waals surface area (Å²) in [7, 11) is 0. The zero-order valence-electron chi connectivity index (χ0n) is 73.4. The first-order chi connectivity index (χ1) is 65.1. The normalized spacial score (nSPS) is 10.9. The van der Waals surface area contributed by atoms with Gasteiger partial charge in [0, 0.05) is 19.4 Å². The van der Waals surface area contributed by atoms with Crippen molar-refractivity contribution in [3.63, 3.8) is 0 Å². The highest BCUT2D eigenvalue weighted by atomic mass is 19.1. The van der Waals surface area contributed by atoms with Crippen LogP contribution >= 0.6 is 0 Å². The number of nitriles is 2. The van der Waals surface area contributed by atoms with Gasteiger partial charge in [0.1, 0.15) is 111 Å². The van der Waals surface area contributed by atoms with Gasteiger partial charge < -0.3 is 25.3 Å². The van der Waals surface area contributed by atoms with Crippen LogP contribution in [-0.2, 0) is 50.2 Å². The summed E-state index contributed by atoms with van der Waals surface area (Å²) in [4.78, 5) is 27.5. The Labute approximate surface area is 771 Å². The molecule has 27 heteroatoms. The van der Waals surface area contributed by atoms with Crippen LogP contribution < -0.4 is 0 Å². The summed E-state index contributed by atoms with van der Waals surface area (Å²) in [6.45, 7) is 19.0. The minimum absolute atomic E-state index is 0.220. The molecular formula is C107H89F2N21O4. The Balaban J connectivity index is 0.000000123. The van der Waals surface area contributed by atoms with Gasteiger partial charge in [0.15, 0.2) is 0 Å². The number of rotatable bonds is 20. The second kappa shape index (κ2) is 42.7. The first-order valence-electron chi connectivity index (χ1n) is 42.5. The first kappa shape index (κ1) is 90.7. The van der Waals surface area contributed by atoms with Gasteiger partial charge >= 0.3 is 0 Å². The molecule has 134 heavy (non-hydrogen) atoms. The quantitative estimate of drug-likeness (QED) is 0.0515. The highest BCUT2D eigenvalue weighted by Crippen LogP contribution is 2.36. The van der Waals surface area contributed by atoms with E-state index in [-0.39, 0.29) is 28.9 Å². The zero-order chi connectivity index (χ0) is 93.3. The molecule has 0 aliphatic rings. The number of fused-ring (bicyclic) bond motifs is 2. The summed E-state index contributed by atoms with van der Waals surface area (Å²) < 4.78 is 36.7. The van der Waals surface area contributed by atoms with E-state index in [1.54, 1.807) is 140 Å². The molecule has 6 aromatic heterocycles. The van der Waals surface area contributed by atoms with Crippen molar-refractivity contribution in [1.29, 1.82) is 10.5 Å². The van der Waals surface area contributed by atoms with Crippen molar-refractivity contribution in [3.8, 4) is 102 Å². The number of aromatic nitrogens is 18. The van der Waals surface area contributed by atoms with Gasteiger partial charge in [-0.25, -0.2) is 73.3 Å². The molecule has 20 rings (SSSR count). The van der Waals surface area contributed by atoms with Crippen LogP contribution in [0.5, 0.6) is 23.0 Å². The van der Waals surface area contributed by atoms with Crippen LogP contribution in [-0.4, -0.2) is 109 Å². The second-order valence-corrected chi connectivity index (χ2v) is 32.5. The highest BCUT2D eigenvalue weighted by molar-refractivity contribution is 5.90. The Bertz CT molecular complexity index is 7420. The van der Waals surface area contributed by atoms with E-state index >= 15 is 0 Å². The molecule has 0 radical (unpaired) electrons. The van der Waals surface area contributed by atoms with E-state index in [4.69, 9.17) is 6.57 Å². The minimum atomic E-state index is -0.615. The van der Waals surface area contributed by atoms with Gasteiger partial charge in [0.05, 0.1) is 62.4 Å². The molecule has 0 fully saturated rings. The molecule has 0 amide bonds.